The second-order valence-electron chi connectivity index (χ2n) is 4.88. The summed E-state index contributed by atoms with van der Waals surface area (Å²) >= 11 is 0. The van der Waals surface area contributed by atoms with Crippen LogP contribution in [0.25, 0.3) is 0 Å². The van der Waals surface area contributed by atoms with Crippen LogP contribution >= 0.6 is 0 Å². The molecule has 76 valence electrons. The molecule has 1 aromatic carbocycles. The van der Waals surface area contributed by atoms with E-state index < -0.39 is 0 Å². The number of rotatable bonds is 3. The Kier molecular flexibility index (Phi) is 2.49. The molecule has 1 saturated carbocycles. The molecule has 0 saturated heterocycles. The van der Waals surface area contributed by atoms with Crippen LogP contribution in [0, 0.1) is 12.3 Å². The first kappa shape index (κ1) is 9.57. The normalized spacial score (nSPS) is 18.7. The summed E-state index contributed by atoms with van der Waals surface area (Å²) in [6, 6.07) is 8.64. The van der Waals surface area contributed by atoms with Gasteiger partial charge in [0.25, 0.3) is 0 Å². The third-order valence-corrected chi connectivity index (χ3v) is 3.33. The number of nitrogens with one attached hydrogen (secondary N) is 1. The molecule has 0 spiro atoms. The Morgan fingerprint density at radius 3 is 2.36 bits per heavy atom. The standard InChI is InChI=1S/C13H19N/c1-11-4-6-12(7-5-11)14-10-13(2)8-3-9-13/h4-7,14H,3,8-10H2,1-2H3. The van der Waals surface area contributed by atoms with Crippen molar-refractivity contribution in [3.8, 4) is 0 Å². The van der Waals surface area contributed by atoms with Crippen molar-refractivity contribution >= 4 is 5.69 Å². The Balaban J connectivity index is 1.88. The minimum atomic E-state index is 0.560. The molecule has 0 radical (unpaired) electrons. The van der Waals surface area contributed by atoms with E-state index >= 15 is 0 Å². The van der Waals surface area contributed by atoms with Crippen molar-refractivity contribution in [3.05, 3.63) is 29.8 Å². The first-order chi connectivity index (χ1) is 6.68. The van der Waals surface area contributed by atoms with Gasteiger partial charge in [-0.3, -0.25) is 0 Å². The summed E-state index contributed by atoms with van der Waals surface area (Å²) in [5.41, 5.74) is 3.14. The van der Waals surface area contributed by atoms with Crippen LogP contribution in [0.3, 0.4) is 0 Å². The molecule has 1 aliphatic rings. The first-order valence-corrected chi connectivity index (χ1v) is 5.49. The molecular weight excluding hydrogens is 170 g/mol. The molecule has 1 aliphatic carbocycles. The molecular formula is C13H19N. The van der Waals surface area contributed by atoms with Crippen LogP contribution in [0.4, 0.5) is 5.69 Å². The van der Waals surface area contributed by atoms with E-state index in [-0.39, 0.29) is 0 Å². The van der Waals surface area contributed by atoms with Crippen LogP contribution in [-0.2, 0) is 0 Å². The number of hydrogen-bond acceptors (Lipinski definition) is 1. The van der Waals surface area contributed by atoms with E-state index in [1.54, 1.807) is 0 Å². The monoisotopic (exact) mass is 189 g/mol. The molecule has 0 aliphatic heterocycles. The van der Waals surface area contributed by atoms with Gasteiger partial charge in [0.2, 0.25) is 0 Å². The Morgan fingerprint density at radius 2 is 1.86 bits per heavy atom. The van der Waals surface area contributed by atoms with Crippen molar-refractivity contribution in [3.63, 3.8) is 0 Å². The maximum absolute atomic E-state index is 3.51. The van der Waals surface area contributed by atoms with Crippen molar-refractivity contribution in [1.29, 1.82) is 0 Å². The Morgan fingerprint density at radius 1 is 1.21 bits per heavy atom. The summed E-state index contributed by atoms with van der Waals surface area (Å²) < 4.78 is 0. The van der Waals surface area contributed by atoms with Gasteiger partial charge in [-0.25, -0.2) is 0 Å². The molecule has 1 heteroatoms. The maximum Gasteiger partial charge on any atom is 0.0340 e. The molecule has 1 N–H and O–H groups in total. The molecule has 0 bridgehead atoms. The third kappa shape index (κ3) is 2.09. The van der Waals surface area contributed by atoms with Crippen molar-refractivity contribution in [2.24, 2.45) is 5.41 Å². The number of hydrogen-bond donors (Lipinski definition) is 1. The van der Waals surface area contributed by atoms with Gasteiger partial charge in [0.1, 0.15) is 0 Å². The third-order valence-electron chi connectivity index (χ3n) is 3.33. The van der Waals surface area contributed by atoms with Crippen molar-refractivity contribution in [2.45, 2.75) is 33.1 Å². The van der Waals surface area contributed by atoms with E-state index in [2.05, 4.69) is 43.4 Å². The summed E-state index contributed by atoms with van der Waals surface area (Å²) in [6.07, 6.45) is 4.17. The first-order valence-electron chi connectivity index (χ1n) is 5.49. The van der Waals surface area contributed by atoms with E-state index in [0.29, 0.717) is 5.41 Å². The van der Waals surface area contributed by atoms with E-state index in [0.717, 1.165) is 6.54 Å². The predicted molar refractivity (Wildman–Crippen MR) is 61.6 cm³/mol. The SMILES string of the molecule is Cc1ccc(NCC2(C)CCC2)cc1. The number of aryl methyl sites for hydroxylation is 1. The highest BCUT2D eigenvalue weighted by Gasteiger charge is 2.31. The van der Waals surface area contributed by atoms with Gasteiger partial charge in [-0.2, -0.15) is 0 Å². The molecule has 2 rings (SSSR count). The lowest BCUT2D eigenvalue weighted by atomic mass is 9.70. The lowest BCUT2D eigenvalue weighted by Crippen LogP contribution is -2.33. The Hall–Kier alpha value is -0.980. The minimum Gasteiger partial charge on any atom is -0.384 e. The van der Waals surface area contributed by atoms with Crippen LogP contribution in [0.2, 0.25) is 0 Å². The average molecular weight is 189 g/mol. The zero-order valence-corrected chi connectivity index (χ0v) is 9.14. The highest BCUT2D eigenvalue weighted by atomic mass is 14.9. The predicted octanol–water partition coefficient (Wildman–Crippen LogP) is 3.60. The van der Waals surface area contributed by atoms with E-state index in [4.69, 9.17) is 0 Å². The zero-order valence-electron chi connectivity index (χ0n) is 9.14. The number of benzene rings is 1. The van der Waals surface area contributed by atoms with Gasteiger partial charge >= 0.3 is 0 Å². The highest BCUT2D eigenvalue weighted by Crippen LogP contribution is 2.40. The fourth-order valence-corrected chi connectivity index (χ4v) is 1.94. The van der Waals surface area contributed by atoms with Gasteiger partial charge in [0.15, 0.2) is 0 Å². The second kappa shape index (κ2) is 3.64. The van der Waals surface area contributed by atoms with Gasteiger partial charge in [-0.1, -0.05) is 31.0 Å². The van der Waals surface area contributed by atoms with Crippen LogP contribution in [0.1, 0.15) is 31.7 Å². The van der Waals surface area contributed by atoms with Crippen LogP contribution in [-0.4, -0.2) is 6.54 Å². The van der Waals surface area contributed by atoms with Crippen LogP contribution in [0.5, 0.6) is 0 Å². The summed E-state index contributed by atoms with van der Waals surface area (Å²) in [7, 11) is 0. The van der Waals surface area contributed by atoms with Gasteiger partial charge < -0.3 is 5.32 Å². The smallest absolute Gasteiger partial charge is 0.0340 e. The summed E-state index contributed by atoms with van der Waals surface area (Å²) in [5.74, 6) is 0. The van der Waals surface area contributed by atoms with E-state index in [1.165, 1.54) is 30.5 Å². The van der Waals surface area contributed by atoms with Crippen LogP contribution in [0.15, 0.2) is 24.3 Å². The largest absolute Gasteiger partial charge is 0.384 e. The summed E-state index contributed by atoms with van der Waals surface area (Å²) in [4.78, 5) is 0. The Bertz CT molecular complexity index is 296. The summed E-state index contributed by atoms with van der Waals surface area (Å²) in [6.45, 7) is 5.62. The topological polar surface area (TPSA) is 12.0 Å². The molecule has 0 heterocycles. The quantitative estimate of drug-likeness (QED) is 0.766. The molecule has 1 aromatic rings. The highest BCUT2D eigenvalue weighted by molar-refractivity contribution is 5.44. The fraction of sp³-hybridized carbons (Fsp3) is 0.538. The lowest BCUT2D eigenvalue weighted by Gasteiger charge is -2.38. The van der Waals surface area contributed by atoms with Gasteiger partial charge in [0.05, 0.1) is 0 Å². The second-order valence-corrected chi connectivity index (χ2v) is 4.88. The van der Waals surface area contributed by atoms with Crippen molar-refractivity contribution < 1.29 is 0 Å². The minimum absolute atomic E-state index is 0.560. The van der Waals surface area contributed by atoms with Crippen LogP contribution < -0.4 is 5.32 Å². The lowest BCUT2D eigenvalue weighted by molar-refractivity contribution is 0.180. The molecule has 0 amide bonds. The van der Waals surface area contributed by atoms with Gasteiger partial charge in [-0.15, -0.1) is 0 Å². The van der Waals surface area contributed by atoms with E-state index in [9.17, 15) is 0 Å². The molecule has 1 nitrogen and oxygen atoms in total. The van der Waals surface area contributed by atoms with E-state index in [1.807, 2.05) is 0 Å². The van der Waals surface area contributed by atoms with Gasteiger partial charge in [-0.05, 0) is 37.3 Å². The molecule has 0 aromatic heterocycles. The summed E-state index contributed by atoms with van der Waals surface area (Å²) in [5, 5.41) is 3.51. The molecule has 0 atom stereocenters. The Labute approximate surface area is 86.5 Å². The number of anilines is 1. The molecule has 1 fully saturated rings. The van der Waals surface area contributed by atoms with Gasteiger partial charge in [0, 0.05) is 12.2 Å². The maximum atomic E-state index is 3.51. The van der Waals surface area contributed by atoms with Crippen molar-refractivity contribution in [1.82, 2.24) is 0 Å². The molecule has 14 heavy (non-hydrogen) atoms. The average Bonchev–Trinajstić information content (AvgIpc) is 2.14. The molecule has 0 unspecified atom stereocenters. The fourth-order valence-electron chi connectivity index (χ4n) is 1.94. The zero-order chi connectivity index (χ0) is 10.0. The van der Waals surface area contributed by atoms with Crippen molar-refractivity contribution in [2.75, 3.05) is 11.9 Å².